The van der Waals surface area contributed by atoms with E-state index >= 15 is 0 Å². The zero-order valence-corrected chi connectivity index (χ0v) is 15.1. The smallest absolute Gasteiger partial charge is 0.120 e. The zero-order valence-electron chi connectivity index (χ0n) is 15.1. The van der Waals surface area contributed by atoms with Crippen LogP contribution >= 0.6 is 0 Å². The molecule has 0 amide bonds. The Hall–Kier alpha value is -2.32. The molecule has 0 bridgehead atoms. The Kier molecular flexibility index (Phi) is 6.08. The molecule has 3 aromatic carbocycles. The lowest BCUT2D eigenvalue weighted by molar-refractivity contribution is 0.0669. The third-order valence-corrected chi connectivity index (χ3v) is 4.25. The van der Waals surface area contributed by atoms with Crippen molar-refractivity contribution in [3.63, 3.8) is 0 Å². The lowest BCUT2D eigenvalue weighted by Crippen LogP contribution is -2.12. The van der Waals surface area contributed by atoms with E-state index in [0.29, 0.717) is 6.61 Å². The molecule has 2 heteroatoms. The Labute approximate surface area is 150 Å². The van der Waals surface area contributed by atoms with Gasteiger partial charge in [0.1, 0.15) is 12.4 Å². The minimum atomic E-state index is 0.255. The molecule has 0 fully saturated rings. The third kappa shape index (κ3) is 5.07. The van der Waals surface area contributed by atoms with E-state index in [1.54, 1.807) is 0 Å². The summed E-state index contributed by atoms with van der Waals surface area (Å²) in [6.45, 7) is 5.70. The SMILES string of the molecule is CCCOC(C)Cc1ccc2cc(OCc3ccccc3)ccc2c1. The van der Waals surface area contributed by atoms with Gasteiger partial charge in [-0.15, -0.1) is 0 Å². The van der Waals surface area contributed by atoms with Gasteiger partial charge in [-0.3, -0.25) is 0 Å². The minimum Gasteiger partial charge on any atom is -0.489 e. The second-order valence-corrected chi connectivity index (χ2v) is 6.50. The van der Waals surface area contributed by atoms with Gasteiger partial charge in [-0.2, -0.15) is 0 Å². The van der Waals surface area contributed by atoms with Gasteiger partial charge < -0.3 is 9.47 Å². The maximum Gasteiger partial charge on any atom is 0.120 e. The van der Waals surface area contributed by atoms with Gasteiger partial charge in [0.15, 0.2) is 0 Å². The van der Waals surface area contributed by atoms with Crippen molar-refractivity contribution >= 4 is 10.8 Å². The van der Waals surface area contributed by atoms with Crippen molar-refractivity contribution < 1.29 is 9.47 Å². The number of hydrogen-bond donors (Lipinski definition) is 0. The highest BCUT2D eigenvalue weighted by Crippen LogP contribution is 2.23. The minimum absolute atomic E-state index is 0.255. The van der Waals surface area contributed by atoms with E-state index in [4.69, 9.17) is 9.47 Å². The van der Waals surface area contributed by atoms with Crippen LogP contribution in [0.4, 0.5) is 0 Å². The van der Waals surface area contributed by atoms with Crippen LogP contribution in [0.15, 0.2) is 66.7 Å². The van der Waals surface area contributed by atoms with Crippen molar-refractivity contribution in [1.29, 1.82) is 0 Å². The lowest BCUT2D eigenvalue weighted by atomic mass is 10.0. The largest absolute Gasteiger partial charge is 0.489 e. The van der Waals surface area contributed by atoms with Gasteiger partial charge in [-0.25, -0.2) is 0 Å². The fourth-order valence-electron chi connectivity index (χ4n) is 2.94. The Balaban J connectivity index is 1.66. The molecule has 25 heavy (non-hydrogen) atoms. The topological polar surface area (TPSA) is 18.5 Å². The normalized spacial score (nSPS) is 12.2. The van der Waals surface area contributed by atoms with Crippen LogP contribution in [0.3, 0.4) is 0 Å². The summed E-state index contributed by atoms with van der Waals surface area (Å²) in [6.07, 6.45) is 2.27. The first-order valence-electron chi connectivity index (χ1n) is 9.05. The Morgan fingerprint density at radius 1 is 0.840 bits per heavy atom. The van der Waals surface area contributed by atoms with E-state index in [2.05, 4.69) is 56.3 Å². The predicted octanol–water partition coefficient (Wildman–Crippen LogP) is 5.78. The molecule has 1 unspecified atom stereocenters. The van der Waals surface area contributed by atoms with Crippen molar-refractivity contribution in [2.24, 2.45) is 0 Å². The molecule has 0 radical (unpaired) electrons. The van der Waals surface area contributed by atoms with E-state index in [1.165, 1.54) is 21.9 Å². The van der Waals surface area contributed by atoms with Crippen LogP contribution < -0.4 is 4.74 Å². The first-order valence-corrected chi connectivity index (χ1v) is 9.05. The van der Waals surface area contributed by atoms with Crippen LogP contribution in [0.25, 0.3) is 10.8 Å². The van der Waals surface area contributed by atoms with Gasteiger partial charge in [-0.1, -0.05) is 61.5 Å². The molecule has 0 N–H and O–H groups in total. The van der Waals surface area contributed by atoms with Gasteiger partial charge in [0.2, 0.25) is 0 Å². The maximum absolute atomic E-state index is 5.92. The van der Waals surface area contributed by atoms with Crippen LogP contribution in [0.1, 0.15) is 31.4 Å². The molecular formula is C23H26O2. The molecule has 0 aliphatic carbocycles. The summed E-state index contributed by atoms with van der Waals surface area (Å²) in [6, 6.07) is 23.2. The highest BCUT2D eigenvalue weighted by Gasteiger charge is 2.05. The van der Waals surface area contributed by atoms with Gasteiger partial charge in [0.25, 0.3) is 0 Å². The maximum atomic E-state index is 5.92. The quantitative estimate of drug-likeness (QED) is 0.520. The number of ether oxygens (including phenoxy) is 2. The fourth-order valence-corrected chi connectivity index (χ4v) is 2.94. The molecule has 2 nitrogen and oxygen atoms in total. The molecule has 0 heterocycles. The third-order valence-electron chi connectivity index (χ3n) is 4.25. The van der Waals surface area contributed by atoms with E-state index in [9.17, 15) is 0 Å². The summed E-state index contributed by atoms with van der Waals surface area (Å²) in [5.41, 5.74) is 2.49. The molecule has 0 aliphatic heterocycles. The number of hydrogen-bond acceptors (Lipinski definition) is 2. The van der Waals surface area contributed by atoms with Gasteiger partial charge in [0.05, 0.1) is 6.10 Å². The van der Waals surface area contributed by atoms with E-state index in [0.717, 1.165) is 25.2 Å². The van der Waals surface area contributed by atoms with Crippen molar-refractivity contribution in [3.8, 4) is 5.75 Å². The summed E-state index contributed by atoms with van der Waals surface area (Å²) in [7, 11) is 0. The highest BCUT2D eigenvalue weighted by molar-refractivity contribution is 5.84. The van der Waals surface area contributed by atoms with Crippen molar-refractivity contribution in [2.75, 3.05) is 6.61 Å². The van der Waals surface area contributed by atoms with Crippen molar-refractivity contribution in [1.82, 2.24) is 0 Å². The number of fused-ring (bicyclic) bond motifs is 1. The summed E-state index contributed by atoms with van der Waals surface area (Å²) in [4.78, 5) is 0. The Bertz CT molecular complexity index is 796. The van der Waals surface area contributed by atoms with Crippen molar-refractivity contribution in [3.05, 3.63) is 77.9 Å². The Morgan fingerprint density at radius 2 is 1.60 bits per heavy atom. The molecule has 0 aromatic heterocycles. The molecule has 0 spiro atoms. The fraction of sp³-hybridized carbons (Fsp3) is 0.304. The van der Waals surface area contributed by atoms with Crippen LogP contribution in [0, 0.1) is 0 Å². The molecule has 0 saturated carbocycles. The zero-order chi connectivity index (χ0) is 17.5. The van der Waals surface area contributed by atoms with E-state index in [1.807, 2.05) is 24.3 Å². The first-order chi connectivity index (χ1) is 12.2. The second-order valence-electron chi connectivity index (χ2n) is 6.50. The Morgan fingerprint density at radius 3 is 2.40 bits per heavy atom. The molecule has 0 aliphatic rings. The van der Waals surface area contributed by atoms with Crippen LogP contribution in [0.2, 0.25) is 0 Å². The average Bonchev–Trinajstić information content (AvgIpc) is 2.65. The molecule has 3 aromatic rings. The monoisotopic (exact) mass is 334 g/mol. The lowest BCUT2D eigenvalue weighted by Gasteiger charge is -2.13. The highest BCUT2D eigenvalue weighted by atomic mass is 16.5. The summed E-state index contributed by atoms with van der Waals surface area (Å²) < 4.78 is 11.7. The number of benzene rings is 3. The summed E-state index contributed by atoms with van der Waals surface area (Å²) in [5.74, 6) is 0.906. The van der Waals surface area contributed by atoms with Crippen molar-refractivity contribution in [2.45, 2.75) is 39.4 Å². The molecule has 0 saturated heterocycles. The van der Waals surface area contributed by atoms with E-state index in [-0.39, 0.29) is 6.10 Å². The standard InChI is InChI=1S/C23H26O2/c1-3-13-24-18(2)14-20-9-10-22-16-23(12-11-21(22)15-20)25-17-19-7-5-4-6-8-19/h4-12,15-16,18H,3,13-14,17H2,1-2H3. The van der Waals surface area contributed by atoms with Gasteiger partial charge in [0, 0.05) is 6.61 Å². The van der Waals surface area contributed by atoms with Crippen LogP contribution in [-0.2, 0) is 17.8 Å². The first kappa shape index (κ1) is 17.5. The molecule has 130 valence electrons. The van der Waals surface area contributed by atoms with Crippen LogP contribution in [-0.4, -0.2) is 12.7 Å². The summed E-state index contributed by atoms with van der Waals surface area (Å²) >= 11 is 0. The van der Waals surface area contributed by atoms with Gasteiger partial charge >= 0.3 is 0 Å². The predicted molar refractivity (Wildman–Crippen MR) is 104 cm³/mol. The summed E-state index contributed by atoms with van der Waals surface area (Å²) in [5, 5.41) is 2.45. The average molecular weight is 334 g/mol. The molecular weight excluding hydrogens is 308 g/mol. The number of rotatable bonds is 8. The molecule has 3 rings (SSSR count). The second kappa shape index (κ2) is 8.68. The van der Waals surface area contributed by atoms with Crippen LogP contribution in [0.5, 0.6) is 5.75 Å². The molecule has 1 atom stereocenters. The van der Waals surface area contributed by atoms with Gasteiger partial charge in [-0.05, 0) is 53.8 Å². The van der Waals surface area contributed by atoms with E-state index < -0.39 is 0 Å².